The first-order valence-electron chi connectivity index (χ1n) is 5.05. The van der Waals surface area contributed by atoms with Crippen LogP contribution in [0.4, 0.5) is 0 Å². The molecule has 86 valence electrons. The number of nitrogens with zero attached hydrogens (tertiary/aromatic N) is 1. The van der Waals surface area contributed by atoms with Crippen LogP contribution in [0.1, 0.15) is 6.92 Å². The lowest BCUT2D eigenvalue weighted by molar-refractivity contribution is -0.131. The van der Waals surface area contributed by atoms with E-state index in [9.17, 15) is 9.59 Å². The number of hydrogen-bond acceptors (Lipinski definition) is 4. The van der Waals surface area contributed by atoms with Crippen molar-refractivity contribution < 1.29 is 9.59 Å². The minimum absolute atomic E-state index is 0.0943. The molecule has 0 radical (unpaired) electrons. The van der Waals surface area contributed by atoms with Gasteiger partial charge < -0.3 is 16.4 Å². The van der Waals surface area contributed by atoms with Crippen molar-refractivity contribution >= 4 is 11.8 Å². The predicted molar refractivity (Wildman–Crippen MR) is 56.1 cm³/mol. The molecule has 1 saturated heterocycles. The van der Waals surface area contributed by atoms with Crippen LogP contribution >= 0.6 is 0 Å². The highest BCUT2D eigenvalue weighted by Gasteiger charge is 2.32. The van der Waals surface area contributed by atoms with Crippen molar-refractivity contribution in [3.05, 3.63) is 0 Å². The summed E-state index contributed by atoms with van der Waals surface area (Å²) in [6.45, 7) is 3.71. The fourth-order valence-electron chi connectivity index (χ4n) is 1.81. The number of nitrogens with one attached hydrogen (secondary N) is 2. The van der Waals surface area contributed by atoms with Crippen LogP contribution in [0.5, 0.6) is 0 Å². The Morgan fingerprint density at radius 1 is 1.60 bits per heavy atom. The van der Waals surface area contributed by atoms with Gasteiger partial charge in [0.1, 0.15) is 6.04 Å². The number of likely N-dealkylation sites (N-methyl/N-ethyl adjacent to an activating group) is 1. The molecular formula is C9H18N4O2. The third-order valence-corrected chi connectivity index (χ3v) is 2.74. The summed E-state index contributed by atoms with van der Waals surface area (Å²) in [7, 11) is 1.58. The van der Waals surface area contributed by atoms with Crippen LogP contribution in [0, 0.1) is 0 Å². The molecule has 2 unspecified atom stereocenters. The van der Waals surface area contributed by atoms with E-state index in [1.165, 1.54) is 0 Å². The van der Waals surface area contributed by atoms with Gasteiger partial charge in [0.05, 0.1) is 6.04 Å². The van der Waals surface area contributed by atoms with Crippen LogP contribution in [0.15, 0.2) is 0 Å². The van der Waals surface area contributed by atoms with Crippen LogP contribution in [0.3, 0.4) is 0 Å². The molecule has 15 heavy (non-hydrogen) atoms. The Bertz CT molecular complexity index is 256. The normalized spacial score (nSPS) is 24.5. The van der Waals surface area contributed by atoms with Gasteiger partial charge in [-0.15, -0.1) is 0 Å². The van der Waals surface area contributed by atoms with Crippen LogP contribution < -0.4 is 16.4 Å². The summed E-state index contributed by atoms with van der Waals surface area (Å²) >= 11 is 0. The van der Waals surface area contributed by atoms with E-state index in [1.807, 2.05) is 4.90 Å². The number of rotatable bonds is 3. The molecule has 0 saturated carbocycles. The van der Waals surface area contributed by atoms with Crippen molar-refractivity contribution in [3.63, 3.8) is 0 Å². The highest BCUT2D eigenvalue weighted by atomic mass is 16.2. The third-order valence-electron chi connectivity index (χ3n) is 2.74. The minimum Gasteiger partial charge on any atom is -0.368 e. The van der Waals surface area contributed by atoms with Gasteiger partial charge in [0, 0.05) is 26.7 Å². The van der Waals surface area contributed by atoms with Crippen LogP contribution in [0.2, 0.25) is 0 Å². The maximum absolute atomic E-state index is 11.5. The molecule has 4 N–H and O–H groups in total. The van der Waals surface area contributed by atoms with Gasteiger partial charge in [0.15, 0.2) is 0 Å². The third kappa shape index (κ3) is 2.66. The second-order valence-corrected chi connectivity index (χ2v) is 3.65. The number of primary amides is 1. The zero-order valence-electron chi connectivity index (χ0n) is 9.12. The maximum atomic E-state index is 11.5. The number of carbonyl (C=O) groups excluding carboxylic acids is 2. The highest BCUT2D eigenvalue weighted by molar-refractivity contribution is 5.84. The van der Waals surface area contributed by atoms with Gasteiger partial charge in [-0.1, -0.05) is 0 Å². The van der Waals surface area contributed by atoms with Crippen molar-refractivity contribution in [1.29, 1.82) is 0 Å². The van der Waals surface area contributed by atoms with E-state index in [4.69, 9.17) is 5.73 Å². The molecule has 0 aromatic rings. The largest absolute Gasteiger partial charge is 0.368 e. The van der Waals surface area contributed by atoms with Gasteiger partial charge in [-0.2, -0.15) is 0 Å². The summed E-state index contributed by atoms with van der Waals surface area (Å²) < 4.78 is 0. The van der Waals surface area contributed by atoms with E-state index in [-0.39, 0.29) is 11.9 Å². The lowest BCUT2D eigenvalue weighted by Crippen LogP contribution is -2.61. The van der Waals surface area contributed by atoms with Gasteiger partial charge in [-0.3, -0.25) is 14.5 Å². The molecule has 0 aliphatic carbocycles. The standard InChI is InChI=1S/C9H18N4O2/c1-6(9(15)11-2)13-4-3-12-5-7(13)8(10)14/h6-7,12H,3-5H2,1-2H3,(H2,10,14)(H,11,15). The fraction of sp³-hybridized carbons (Fsp3) is 0.778. The fourth-order valence-corrected chi connectivity index (χ4v) is 1.81. The summed E-state index contributed by atoms with van der Waals surface area (Å²) in [5, 5.41) is 5.65. The molecule has 1 rings (SSSR count). The molecule has 0 aromatic carbocycles. The molecule has 2 amide bonds. The summed E-state index contributed by atoms with van der Waals surface area (Å²) in [6.07, 6.45) is 0. The highest BCUT2D eigenvalue weighted by Crippen LogP contribution is 2.08. The molecule has 6 nitrogen and oxygen atoms in total. The first kappa shape index (κ1) is 11.9. The quantitative estimate of drug-likeness (QED) is 0.501. The van der Waals surface area contributed by atoms with Crippen LogP contribution in [0.25, 0.3) is 0 Å². The van der Waals surface area contributed by atoms with Crippen molar-refractivity contribution in [1.82, 2.24) is 15.5 Å². The maximum Gasteiger partial charge on any atom is 0.236 e. The van der Waals surface area contributed by atoms with E-state index in [2.05, 4.69) is 10.6 Å². The zero-order chi connectivity index (χ0) is 11.4. The second-order valence-electron chi connectivity index (χ2n) is 3.65. The SMILES string of the molecule is CNC(=O)C(C)N1CCNCC1C(N)=O. The Hall–Kier alpha value is -1.14. The smallest absolute Gasteiger partial charge is 0.236 e. The summed E-state index contributed by atoms with van der Waals surface area (Å²) in [6, 6.07) is -0.722. The minimum atomic E-state index is -0.397. The predicted octanol–water partition coefficient (Wildman–Crippen LogP) is -2.12. The summed E-state index contributed by atoms with van der Waals surface area (Å²) in [4.78, 5) is 24.5. The average Bonchev–Trinajstić information content (AvgIpc) is 2.27. The van der Waals surface area contributed by atoms with E-state index >= 15 is 0 Å². The topological polar surface area (TPSA) is 87.5 Å². The molecule has 6 heteroatoms. The Morgan fingerprint density at radius 2 is 2.27 bits per heavy atom. The van der Waals surface area contributed by atoms with Crippen molar-refractivity contribution in [3.8, 4) is 0 Å². The number of amides is 2. The number of piperazine rings is 1. The number of carbonyl (C=O) groups is 2. The number of hydrogen-bond donors (Lipinski definition) is 3. The average molecular weight is 214 g/mol. The van der Waals surface area contributed by atoms with E-state index in [0.29, 0.717) is 13.1 Å². The Morgan fingerprint density at radius 3 is 2.80 bits per heavy atom. The van der Waals surface area contributed by atoms with Crippen LogP contribution in [-0.2, 0) is 9.59 Å². The molecule has 0 bridgehead atoms. The second kappa shape index (κ2) is 5.09. The van der Waals surface area contributed by atoms with E-state index in [0.717, 1.165) is 6.54 Å². The lowest BCUT2D eigenvalue weighted by Gasteiger charge is -2.37. The Labute approximate surface area is 89.2 Å². The van der Waals surface area contributed by atoms with E-state index in [1.54, 1.807) is 14.0 Å². The summed E-state index contributed by atoms with van der Waals surface area (Å²) in [5.41, 5.74) is 5.28. The first-order valence-corrected chi connectivity index (χ1v) is 5.05. The van der Waals surface area contributed by atoms with Crippen molar-refractivity contribution in [2.45, 2.75) is 19.0 Å². The van der Waals surface area contributed by atoms with E-state index < -0.39 is 11.9 Å². The van der Waals surface area contributed by atoms with Crippen molar-refractivity contribution in [2.75, 3.05) is 26.7 Å². The van der Waals surface area contributed by atoms with Gasteiger partial charge in [0.2, 0.25) is 11.8 Å². The van der Waals surface area contributed by atoms with Crippen molar-refractivity contribution in [2.24, 2.45) is 5.73 Å². The Balaban J connectivity index is 2.71. The Kier molecular flexibility index (Phi) is 4.05. The summed E-state index contributed by atoms with van der Waals surface area (Å²) in [5.74, 6) is -0.485. The molecule has 1 heterocycles. The molecule has 0 spiro atoms. The lowest BCUT2D eigenvalue weighted by atomic mass is 10.1. The molecular weight excluding hydrogens is 196 g/mol. The number of nitrogens with two attached hydrogens (primary N) is 1. The molecule has 1 aliphatic rings. The van der Waals surface area contributed by atoms with Crippen LogP contribution in [-0.4, -0.2) is 55.5 Å². The van der Waals surface area contributed by atoms with Gasteiger partial charge in [0.25, 0.3) is 0 Å². The molecule has 1 aliphatic heterocycles. The molecule has 2 atom stereocenters. The first-order chi connectivity index (χ1) is 7.07. The zero-order valence-corrected chi connectivity index (χ0v) is 9.12. The molecule has 0 aromatic heterocycles. The molecule has 1 fully saturated rings. The van der Waals surface area contributed by atoms with Gasteiger partial charge >= 0.3 is 0 Å². The monoisotopic (exact) mass is 214 g/mol. The van der Waals surface area contributed by atoms with Gasteiger partial charge in [-0.25, -0.2) is 0 Å². The van der Waals surface area contributed by atoms with Gasteiger partial charge in [-0.05, 0) is 6.92 Å².